The largest absolute Gasteiger partial charge is 0.508 e. The van der Waals surface area contributed by atoms with E-state index in [0.717, 1.165) is 11.1 Å². The van der Waals surface area contributed by atoms with E-state index < -0.39 is 0 Å². The maximum absolute atomic E-state index is 11.8. The first-order chi connectivity index (χ1) is 9.65. The monoisotopic (exact) mass is 270 g/mol. The molecule has 0 aliphatic rings. The molecule has 0 radical (unpaired) electrons. The Balaban J connectivity index is 1.83. The fourth-order valence-electron chi connectivity index (χ4n) is 1.97. The molecule has 0 saturated heterocycles. The summed E-state index contributed by atoms with van der Waals surface area (Å²) in [6.07, 6.45) is 0.331. The van der Waals surface area contributed by atoms with Crippen LogP contribution in [0.2, 0.25) is 0 Å². The number of benzene rings is 2. The van der Waals surface area contributed by atoms with Crippen LogP contribution in [0.3, 0.4) is 0 Å². The zero-order valence-corrected chi connectivity index (χ0v) is 11.5. The van der Waals surface area contributed by atoms with E-state index in [1.54, 1.807) is 12.1 Å². The van der Waals surface area contributed by atoms with Crippen molar-refractivity contribution in [1.29, 1.82) is 0 Å². The van der Waals surface area contributed by atoms with Crippen LogP contribution in [0, 0.1) is 0 Å². The molecular weight excluding hydrogens is 252 g/mol. The SMILES string of the molecule is C[C@H](CC(=O)OCc1ccccc1)c1ccc(O)cc1. The highest BCUT2D eigenvalue weighted by Crippen LogP contribution is 2.21. The minimum absolute atomic E-state index is 0.0684. The molecule has 3 heteroatoms. The van der Waals surface area contributed by atoms with Crippen LogP contribution < -0.4 is 0 Å². The summed E-state index contributed by atoms with van der Waals surface area (Å²) >= 11 is 0. The number of phenolic OH excluding ortho intramolecular Hbond substituents is 1. The van der Waals surface area contributed by atoms with Gasteiger partial charge in [-0.1, -0.05) is 49.4 Å². The van der Waals surface area contributed by atoms with Gasteiger partial charge >= 0.3 is 5.97 Å². The van der Waals surface area contributed by atoms with Gasteiger partial charge in [0.1, 0.15) is 12.4 Å². The molecule has 0 aliphatic carbocycles. The third-order valence-corrected chi connectivity index (χ3v) is 3.18. The number of phenols is 1. The highest BCUT2D eigenvalue weighted by atomic mass is 16.5. The van der Waals surface area contributed by atoms with Crippen LogP contribution in [0.5, 0.6) is 5.75 Å². The molecule has 2 aromatic carbocycles. The van der Waals surface area contributed by atoms with Gasteiger partial charge in [-0.05, 0) is 29.2 Å². The molecule has 0 unspecified atom stereocenters. The van der Waals surface area contributed by atoms with Crippen LogP contribution >= 0.6 is 0 Å². The van der Waals surface area contributed by atoms with Crippen molar-refractivity contribution in [2.45, 2.75) is 25.9 Å². The lowest BCUT2D eigenvalue weighted by molar-refractivity contribution is -0.145. The lowest BCUT2D eigenvalue weighted by Crippen LogP contribution is -2.08. The lowest BCUT2D eigenvalue weighted by atomic mass is 9.98. The van der Waals surface area contributed by atoms with Crippen molar-refractivity contribution in [1.82, 2.24) is 0 Å². The van der Waals surface area contributed by atoms with Gasteiger partial charge in [-0.2, -0.15) is 0 Å². The predicted molar refractivity (Wildman–Crippen MR) is 77.4 cm³/mol. The van der Waals surface area contributed by atoms with Crippen molar-refractivity contribution in [3.8, 4) is 5.75 Å². The highest BCUT2D eigenvalue weighted by molar-refractivity contribution is 5.70. The molecule has 0 saturated carbocycles. The van der Waals surface area contributed by atoms with Crippen molar-refractivity contribution in [3.05, 3.63) is 65.7 Å². The molecule has 0 fully saturated rings. The molecule has 3 nitrogen and oxygen atoms in total. The Labute approximate surface area is 118 Å². The first-order valence-corrected chi connectivity index (χ1v) is 6.63. The first-order valence-electron chi connectivity index (χ1n) is 6.63. The second-order valence-corrected chi connectivity index (χ2v) is 4.84. The molecule has 2 rings (SSSR count). The van der Waals surface area contributed by atoms with E-state index in [9.17, 15) is 9.90 Å². The van der Waals surface area contributed by atoms with Crippen LogP contribution in [-0.2, 0) is 16.1 Å². The van der Waals surface area contributed by atoms with Crippen molar-refractivity contribution in [3.63, 3.8) is 0 Å². The van der Waals surface area contributed by atoms with Crippen LogP contribution in [0.4, 0.5) is 0 Å². The van der Waals surface area contributed by atoms with Crippen LogP contribution in [0.1, 0.15) is 30.4 Å². The molecule has 0 aromatic heterocycles. The summed E-state index contributed by atoms with van der Waals surface area (Å²) in [5.74, 6) is 0.0842. The Hall–Kier alpha value is -2.29. The molecule has 1 N–H and O–H groups in total. The minimum atomic E-state index is -0.213. The molecule has 2 aromatic rings. The molecule has 0 spiro atoms. The van der Waals surface area contributed by atoms with Gasteiger partial charge in [0, 0.05) is 0 Å². The Morgan fingerprint density at radius 1 is 1.10 bits per heavy atom. The molecule has 0 heterocycles. The van der Waals surface area contributed by atoms with Gasteiger partial charge in [0.25, 0.3) is 0 Å². The summed E-state index contributed by atoms with van der Waals surface area (Å²) in [7, 11) is 0. The van der Waals surface area contributed by atoms with E-state index in [1.165, 1.54) is 0 Å². The summed E-state index contributed by atoms with van der Waals surface area (Å²) in [6.45, 7) is 2.28. The van der Waals surface area contributed by atoms with Crippen molar-refractivity contribution in [2.75, 3.05) is 0 Å². The summed E-state index contributed by atoms with van der Waals surface area (Å²) in [6, 6.07) is 16.5. The standard InChI is InChI=1S/C17H18O3/c1-13(15-7-9-16(18)10-8-15)11-17(19)20-12-14-5-3-2-4-6-14/h2-10,13,18H,11-12H2,1H3/t13-/m1/s1. The zero-order chi connectivity index (χ0) is 14.4. The molecule has 0 aliphatic heterocycles. The summed E-state index contributed by atoms with van der Waals surface area (Å²) in [5, 5.41) is 9.24. The molecular formula is C17H18O3. The van der Waals surface area contributed by atoms with Gasteiger partial charge < -0.3 is 9.84 Å². The lowest BCUT2D eigenvalue weighted by Gasteiger charge is -2.11. The topological polar surface area (TPSA) is 46.5 Å². The maximum Gasteiger partial charge on any atom is 0.306 e. The van der Waals surface area contributed by atoms with E-state index in [1.807, 2.05) is 49.4 Å². The highest BCUT2D eigenvalue weighted by Gasteiger charge is 2.12. The zero-order valence-electron chi connectivity index (χ0n) is 11.5. The smallest absolute Gasteiger partial charge is 0.306 e. The Morgan fingerprint density at radius 3 is 2.40 bits per heavy atom. The fourth-order valence-corrected chi connectivity index (χ4v) is 1.97. The Bertz CT molecular complexity index is 546. The number of carbonyl (C=O) groups is 1. The number of carbonyl (C=O) groups excluding carboxylic acids is 1. The van der Waals surface area contributed by atoms with Crippen molar-refractivity contribution >= 4 is 5.97 Å². The van der Waals surface area contributed by atoms with Gasteiger partial charge in [-0.3, -0.25) is 4.79 Å². The quantitative estimate of drug-likeness (QED) is 0.844. The average Bonchev–Trinajstić information content (AvgIpc) is 2.47. The number of hydrogen-bond donors (Lipinski definition) is 1. The molecule has 104 valence electrons. The van der Waals surface area contributed by atoms with Gasteiger partial charge in [0.05, 0.1) is 6.42 Å². The van der Waals surface area contributed by atoms with E-state index in [4.69, 9.17) is 4.74 Å². The number of hydrogen-bond acceptors (Lipinski definition) is 3. The summed E-state index contributed by atoms with van der Waals surface area (Å²) in [4.78, 5) is 11.8. The molecule has 1 atom stereocenters. The minimum Gasteiger partial charge on any atom is -0.508 e. The third-order valence-electron chi connectivity index (χ3n) is 3.18. The maximum atomic E-state index is 11.8. The van der Waals surface area contributed by atoms with Gasteiger partial charge in [-0.15, -0.1) is 0 Å². The van der Waals surface area contributed by atoms with E-state index in [-0.39, 0.29) is 17.6 Å². The van der Waals surface area contributed by atoms with Gasteiger partial charge in [0.15, 0.2) is 0 Å². The van der Waals surface area contributed by atoms with E-state index >= 15 is 0 Å². The van der Waals surface area contributed by atoms with Crippen molar-refractivity contribution in [2.24, 2.45) is 0 Å². The molecule has 20 heavy (non-hydrogen) atoms. The first kappa shape index (κ1) is 14.1. The van der Waals surface area contributed by atoms with Crippen LogP contribution in [-0.4, -0.2) is 11.1 Å². The number of aromatic hydroxyl groups is 1. The van der Waals surface area contributed by atoms with E-state index in [0.29, 0.717) is 13.0 Å². The summed E-state index contributed by atoms with van der Waals surface area (Å²) in [5.41, 5.74) is 2.00. The molecule has 0 bridgehead atoms. The summed E-state index contributed by atoms with van der Waals surface area (Å²) < 4.78 is 5.26. The Morgan fingerprint density at radius 2 is 1.75 bits per heavy atom. The van der Waals surface area contributed by atoms with Crippen LogP contribution in [0.15, 0.2) is 54.6 Å². The molecule has 0 amide bonds. The van der Waals surface area contributed by atoms with E-state index in [2.05, 4.69) is 0 Å². The second-order valence-electron chi connectivity index (χ2n) is 4.84. The van der Waals surface area contributed by atoms with Gasteiger partial charge in [0.2, 0.25) is 0 Å². The van der Waals surface area contributed by atoms with Crippen molar-refractivity contribution < 1.29 is 14.6 Å². The number of rotatable bonds is 5. The Kier molecular flexibility index (Phi) is 4.77. The fraction of sp³-hybridized carbons (Fsp3) is 0.235. The second kappa shape index (κ2) is 6.75. The van der Waals surface area contributed by atoms with Gasteiger partial charge in [-0.25, -0.2) is 0 Å². The van der Waals surface area contributed by atoms with Crippen LogP contribution in [0.25, 0.3) is 0 Å². The normalized spacial score (nSPS) is 11.8. The number of esters is 1. The number of ether oxygens (including phenoxy) is 1. The third kappa shape index (κ3) is 4.12. The predicted octanol–water partition coefficient (Wildman–Crippen LogP) is 3.63. The average molecular weight is 270 g/mol.